The van der Waals surface area contributed by atoms with E-state index in [9.17, 15) is 20.1 Å². The lowest BCUT2D eigenvalue weighted by atomic mass is 9.36. The van der Waals surface area contributed by atoms with Gasteiger partial charge in [0.15, 0.2) is 10.9 Å². The molecule has 8 nitrogen and oxygen atoms in total. The molecule has 3 saturated heterocycles. The van der Waals surface area contributed by atoms with Gasteiger partial charge in [-0.1, -0.05) is 26.8 Å². The van der Waals surface area contributed by atoms with E-state index in [0.29, 0.717) is 18.4 Å². The van der Waals surface area contributed by atoms with Crippen LogP contribution in [0.2, 0.25) is 0 Å². The first-order valence-corrected chi connectivity index (χ1v) is 14.8. The summed E-state index contributed by atoms with van der Waals surface area (Å²) in [5.41, 5.74) is -1.49. The molecule has 202 valence electrons. The van der Waals surface area contributed by atoms with Crippen LogP contribution in [0.25, 0.3) is 0 Å². The number of Topliss-reactive ketones (excluding diaryl/α,β-unsaturated/α-hetero) is 1. The van der Waals surface area contributed by atoms with Gasteiger partial charge < -0.3 is 30.3 Å². The zero-order valence-corrected chi connectivity index (χ0v) is 22.6. The number of rotatable bonds is 4. The van der Waals surface area contributed by atoms with Crippen LogP contribution in [0.5, 0.6) is 0 Å². The molecule has 4 bridgehead atoms. The number of hydrogen-bond acceptors (Lipinski definition) is 9. The van der Waals surface area contributed by atoms with E-state index in [2.05, 4.69) is 30.6 Å². The molecule has 8 atom stereocenters. The number of carbonyl (C=O) groups is 1. The number of nitrogens with one attached hydrogen (secondary N) is 1. The molecule has 8 rings (SSSR count). The summed E-state index contributed by atoms with van der Waals surface area (Å²) < 4.78 is 6.16. The second-order valence-corrected chi connectivity index (χ2v) is 14.2. The zero-order valence-electron chi connectivity index (χ0n) is 21.8. The molecule has 3 aliphatic heterocycles. The summed E-state index contributed by atoms with van der Waals surface area (Å²) >= 11 is 1.66. The number of ether oxygens (including phenoxy) is 1. The van der Waals surface area contributed by atoms with Crippen molar-refractivity contribution in [2.24, 2.45) is 28.6 Å². The van der Waals surface area contributed by atoms with Gasteiger partial charge in [0.1, 0.15) is 11.5 Å². The molecular weight excluding hydrogens is 490 g/mol. The highest BCUT2D eigenvalue weighted by Gasteiger charge is 2.86. The topological polar surface area (TPSA) is 115 Å². The molecule has 1 aromatic rings. The van der Waals surface area contributed by atoms with E-state index in [1.807, 2.05) is 0 Å². The summed E-state index contributed by atoms with van der Waals surface area (Å²) in [5, 5.41) is 39.9. The average Bonchev–Trinajstić information content (AvgIpc) is 3.30. The smallest absolute Gasteiger partial charge is 0.208 e. The lowest BCUT2D eigenvalue weighted by Crippen LogP contribution is -2.85. The summed E-state index contributed by atoms with van der Waals surface area (Å²) in [6, 6.07) is 0. The van der Waals surface area contributed by atoms with Crippen LogP contribution in [-0.4, -0.2) is 81.8 Å². The first-order valence-electron chi connectivity index (χ1n) is 14.0. The van der Waals surface area contributed by atoms with Crippen molar-refractivity contribution < 1.29 is 24.9 Å². The van der Waals surface area contributed by atoms with Crippen molar-refractivity contribution in [1.82, 2.24) is 9.88 Å². The van der Waals surface area contributed by atoms with Crippen LogP contribution < -0.4 is 5.32 Å². The molecule has 3 saturated carbocycles. The van der Waals surface area contributed by atoms with E-state index in [0.717, 1.165) is 48.3 Å². The molecule has 0 radical (unpaired) electrons. The van der Waals surface area contributed by atoms with Crippen molar-refractivity contribution in [2.45, 2.75) is 75.8 Å². The third-order valence-electron chi connectivity index (χ3n) is 11.0. The fourth-order valence-electron chi connectivity index (χ4n) is 9.67. The zero-order chi connectivity index (χ0) is 26.0. The highest BCUT2D eigenvalue weighted by Crippen LogP contribution is 2.75. The van der Waals surface area contributed by atoms with Crippen LogP contribution in [0.1, 0.15) is 56.5 Å². The SMILES string of the molecule is C=C1C(=O)[C@]23[C@H](O)[C@H]1CC[C@H]2[C@@]12CO[C@@]3(O)[C@@H](O)[C@@H]1C(C)(C)Cc1sc(NCCN3CCCCC3)nc12. The number of nitrogens with zero attached hydrogens (tertiary/aromatic N) is 2. The fraction of sp³-hybridized carbons (Fsp3) is 0.786. The molecule has 1 aromatic heterocycles. The van der Waals surface area contributed by atoms with Gasteiger partial charge in [0.25, 0.3) is 0 Å². The number of likely N-dealkylation sites (tertiary alicyclic amines) is 1. The molecule has 4 aliphatic carbocycles. The van der Waals surface area contributed by atoms with Crippen molar-refractivity contribution in [3.63, 3.8) is 0 Å². The highest BCUT2D eigenvalue weighted by atomic mass is 32.1. The Hall–Kier alpha value is -1.36. The van der Waals surface area contributed by atoms with Gasteiger partial charge in [-0.15, -0.1) is 11.3 Å². The fourth-order valence-corrected chi connectivity index (χ4v) is 11.0. The summed E-state index contributed by atoms with van der Waals surface area (Å²) in [4.78, 5) is 22.7. The van der Waals surface area contributed by atoms with E-state index >= 15 is 0 Å². The Labute approximate surface area is 222 Å². The normalized spacial score (nSPS) is 45.9. The Kier molecular flexibility index (Phi) is 5.24. The van der Waals surface area contributed by atoms with E-state index in [1.54, 1.807) is 11.3 Å². The number of carbonyl (C=O) groups excluding carboxylic acids is 1. The maximum atomic E-state index is 13.9. The van der Waals surface area contributed by atoms with Gasteiger partial charge in [0, 0.05) is 35.2 Å². The second-order valence-electron chi connectivity index (χ2n) is 13.1. The van der Waals surface area contributed by atoms with Crippen molar-refractivity contribution in [3.8, 4) is 0 Å². The van der Waals surface area contributed by atoms with Crippen LogP contribution in [0.4, 0.5) is 5.13 Å². The van der Waals surface area contributed by atoms with E-state index in [1.165, 1.54) is 19.3 Å². The third-order valence-corrected chi connectivity index (χ3v) is 12.1. The predicted octanol–water partition coefficient (Wildman–Crippen LogP) is 2.08. The number of aliphatic hydroxyl groups is 3. The van der Waals surface area contributed by atoms with Gasteiger partial charge in [0.05, 0.1) is 18.4 Å². The molecule has 37 heavy (non-hydrogen) atoms. The molecule has 4 N–H and O–H groups in total. The number of thiazole rings is 1. The Morgan fingerprint density at radius 3 is 2.70 bits per heavy atom. The number of aliphatic hydroxyl groups excluding tert-OH is 2. The number of aromatic nitrogens is 1. The Morgan fingerprint density at radius 2 is 1.95 bits per heavy atom. The first kappa shape index (κ1) is 24.7. The number of fused-ring (bicyclic) bond motifs is 3. The summed E-state index contributed by atoms with van der Waals surface area (Å²) in [5.74, 6) is -3.62. The second kappa shape index (κ2) is 7.86. The van der Waals surface area contributed by atoms with E-state index < -0.39 is 34.7 Å². The van der Waals surface area contributed by atoms with Crippen molar-refractivity contribution in [1.29, 1.82) is 0 Å². The van der Waals surface area contributed by atoms with Crippen LogP contribution >= 0.6 is 11.3 Å². The molecular formula is C28H39N3O5S. The van der Waals surface area contributed by atoms with Crippen molar-refractivity contribution in [2.75, 3.05) is 38.1 Å². The first-order chi connectivity index (χ1) is 17.6. The van der Waals surface area contributed by atoms with Crippen molar-refractivity contribution >= 4 is 22.3 Å². The van der Waals surface area contributed by atoms with Gasteiger partial charge in [0.2, 0.25) is 5.79 Å². The Morgan fingerprint density at radius 1 is 1.19 bits per heavy atom. The van der Waals surface area contributed by atoms with Crippen LogP contribution in [0.15, 0.2) is 12.2 Å². The monoisotopic (exact) mass is 529 g/mol. The molecule has 6 fully saturated rings. The largest absolute Gasteiger partial charge is 0.391 e. The molecule has 9 heteroatoms. The summed E-state index contributed by atoms with van der Waals surface area (Å²) in [6.07, 6.45) is 3.43. The standard InChI is InChI=1S/C28H39N3O5S/c1-15-16-7-8-18-26-14-36-28(35,27(18,21(15)32)22(16)33)23(34)19(26)25(2,3)13-17-20(26)30-24(37-17)29-9-12-31-10-5-4-6-11-31/h16,18-19,22-23,33-35H,1,4-14H2,2-3H3,(H,29,30)/t16-,18-,19+,22+,23-,26-,27-,28-/m0/s1. The third kappa shape index (κ3) is 2.81. The van der Waals surface area contributed by atoms with Gasteiger partial charge in [-0.25, -0.2) is 4.98 Å². The van der Waals surface area contributed by atoms with Gasteiger partial charge in [-0.3, -0.25) is 4.79 Å². The Balaban J connectivity index is 1.31. The van der Waals surface area contributed by atoms with E-state index in [-0.39, 0.29) is 29.6 Å². The van der Waals surface area contributed by atoms with Crippen LogP contribution in [0.3, 0.4) is 0 Å². The van der Waals surface area contributed by atoms with Gasteiger partial charge >= 0.3 is 0 Å². The maximum Gasteiger partial charge on any atom is 0.208 e. The quantitative estimate of drug-likeness (QED) is 0.439. The maximum absolute atomic E-state index is 13.9. The van der Waals surface area contributed by atoms with E-state index in [4.69, 9.17) is 9.72 Å². The average molecular weight is 530 g/mol. The molecule has 0 amide bonds. The minimum atomic E-state index is -2.14. The lowest BCUT2D eigenvalue weighted by Gasteiger charge is -2.73. The van der Waals surface area contributed by atoms with Crippen LogP contribution in [-0.2, 0) is 21.4 Å². The Bertz CT molecular complexity index is 1160. The molecule has 0 unspecified atom stereocenters. The highest BCUT2D eigenvalue weighted by molar-refractivity contribution is 7.15. The molecule has 4 heterocycles. The summed E-state index contributed by atoms with van der Waals surface area (Å²) in [6.45, 7) is 12.6. The van der Waals surface area contributed by atoms with Crippen LogP contribution in [0, 0.1) is 28.6 Å². The summed E-state index contributed by atoms with van der Waals surface area (Å²) in [7, 11) is 0. The van der Waals surface area contributed by atoms with Gasteiger partial charge in [-0.05, 0) is 62.1 Å². The van der Waals surface area contributed by atoms with Gasteiger partial charge in [-0.2, -0.15) is 0 Å². The predicted molar refractivity (Wildman–Crippen MR) is 139 cm³/mol. The minimum absolute atomic E-state index is 0.183. The lowest BCUT2D eigenvalue weighted by molar-refractivity contribution is -0.429. The number of piperidine rings is 1. The number of ketones is 1. The number of anilines is 1. The minimum Gasteiger partial charge on any atom is -0.391 e. The van der Waals surface area contributed by atoms with Crippen molar-refractivity contribution in [3.05, 3.63) is 22.7 Å². The number of hydrogen-bond donors (Lipinski definition) is 4. The molecule has 2 spiro atoms. The molecule has 0 aromatic carbocycles. The molecule has 7 aliphatic rings.